The van der Waals surface area contributed by atoms with E-state index < -0.39 is 15.8 Å². The molecule has 0 aliphatic heterocycles. The van der Waals surface area contributed by atoms with Gasteiger partial charge in [-0.2, -0.15) is 0 Å². The van der Waals surface area contributed by atoms with E-state index in [0.717, 1.165) is 0 Å². The molecule has 0 unspecified atom stereocenters. The molecule has 0 saturated carbocycles. The van der Waals surface area contributed by atoms with Crippen LogP contribution in [0, 0.1) is 20.2 Å². The Bertz CT molecular complexity index is 998. The van der Waals surface area contributed by atoms with Crippen LogP contribution in [0.1, 0.15) is 10.4 Å². The van der Waals surface area contributed by atoms with Crippen LogP contribution in [0.4, 0.5) is 17.4 Å². The van der Waals surface area contributed by atoms with Crippen LogP contribution in [0.3, 0.4) is 0 Å². The monoisotopic (exact) mass is 355 g/mol. The molecular weight excluding hydrogens is 346 g/mol. The Morgan fingerprint density at radius 1 is 0.962 bits per heavy atom. The first-order valence-electron chi connectivity index (χ1n) is 7.08. The number of nitrogens with one attached hydrogen (secondary N) is 1. The highest BCUT2D eigenvalue weighted by Gasteiger charge is 2.15. The van der Waals surface area contributed by atoms with E-state index in [1.54, 1.807) is 6.07 Å². The predicted octanol–water partition coefficient (Wildman–Crippen LogP) is 2.81. The average molecular weight is 355 g/mol. The number of nitrogens with zero attached hydrogens (tertiary/aromatic N) is 4. The Morgan fingerprint density at radius 3 is 2.31 bits per heavy atom. The summed E-state index contributed by atoms with van der Waals surface area (Å²) in [4.78, 5) is 32.4. The highest BCUT2D eigenvalue weighted by atomic mass is 16.6. The van der Waals surface area contributed by atoms with Crippen molar-refractivity contribution in [2.75, 3.05) is 5.32 Å². The molecule has 0 saturated heterocycles. The molecule has 0 fully saturated rings. The van der Waals surface area contributed by atoms with Crippen molar-refractivity contribution in [1.82, 2.24) is 10.2 Å². The fourth-order valence-electron chi connectivity index (χ4n) is 2.05. The summed E-state index contributed by atoms with van der Waals surface area (Å²) in [6, 6.07) is 10.3. The van der Waals surface area contributed by atoms with Gasteiger partial charge in [0.1, 0.15) is 0 Å². The number of rotatable bonds is 5. The third-order valence-electron chi connectivity index (χ3n) is 3.29. The molecule has 11 heteroatoms. The fraction of sp³-hybridized carbons (Fsp3) is 0. The zero-order valence-corrected chi connectivity index (χ0v) is 12.9. The first-order chi connectivity index (χ1) is 12.4. The quantitative estimate of drug-likeness (QED) is 0.541. The maximum Gasteiger partial charge on any atom is 0.322 e. The number of amides is 1. The molecule has 0 bridgehead atoms. The maximum absolute atomic E-state index is 12.1. The second-order valence-corrected chi connectivity index (χ2v) is 4.98. The predicted molar refractivity (Wildman–Crippen MR) is 87.4 cm³/mol. The van der Waals surface area contributed by atoms with Gasteiger partial charge in [-0.3, -0.25) is 30.3 Å². The number of benzene rings is 2. The molecule has 0 aliphatic carbocycles. The largest absolute Gasteiger partial charge is 0.403 e. The molecule has 0 aliphatic rings. The molecule has 1 heterocycles. The van der Waals surface area contributed by atoms with Gasteiger partial charge in [-0.1, -0.05) is 11.2 Å². The van der Waals surface area contributed by atoms with Crippen LogP contribution in [0.5, 0.6) is 0 Å². The number of non-ortho nitro benzene ring substituents is 2. The Balaban J connectivity index is 1.76. The lowest BCUT2D eigenvalue weighted by molar-refractivity contribution is -0.385. The minimum atomic E-state index is -0.603. The molecule has 1 N–H and O–H groups in total. The van der Waals surface area contributed by atoms with E-state index in [1.165, 1.54) is 42.5 Å². The van der Waals surface area contributed by atoms with Gasteiger partial charge in [0.05, 0.1) is 9.85 Å². The van der Waals surface area contributed by atoms with E-state index in [2.05, 4.69) is 15.5 Å². The highest BCUT2D eigenvalue weighted by Crippen LogP contribution is 2.24. The van der Waals surface area contributed by atoms with E-state index in [-0.39, 0.29) is 28.8 Å². The molecule has 3 rings (SSSR count). The van der Waals surface area contributed by atoms with E-state index in [1.807, 2.05) is 0 Å². The number of nitro groups is 2. The lowest BCUT2D eigenvalue weighted by atomic mass is 10.2. The lowest BCUT2D eigenvalue weighted by Crippen LogP contribution is -2.12. The van der Waals surface area contributed by atoms with Gasteiger partial charge in [0.15, 0.2) is 0 Å². The van der Waals surface area contributed by atoms with Crippen molar-refractivity contribution in [2.24, 2.45) is 0 Å². The summed E-state index contributed by atoms with van der Waals surface area (Å²) in [5.41, 5.74) is 0.192. The van der Waals surface area contributed by atoms with E-state index in [4.69, 9.17) is 4.42 Å². The summed E-state index contributed by atoms with van der Waals surface area (Å²) in [6.07, 6.45) is 0. The van der Waals surface area contributed by atoms with Crippen LogP contribution in [-0.2, 0) is 0 Å². The summed E-state index contributed by atoms with van der Waals surface area (Å²) in [6.45, 7) is 0. The minimum Gasteiger partial charge on any atom is -0.403 e. The minimum absolute atomic E-state index is 0.00676. The van der Waals surface area contributed by atoms with Gasteiger partial charge in [0.2, 0.25) is 5.89 Å². The summed E-state index contributed by atoms with van der Waals surface area (Å²) in [5.74, 6) is -0.609. The lowest BCUT2D eigenvalue weighted by Gasteiger charge is -2.00. The van der Waals surface area contributed by atoms with Crippen LogP contribution in [-0.4, -0.2) is 26.0 Å². The molecule has 1 amide bonds. The number of nitro benzene ring substituents is 2. The maximum atomic E-state index is 12.1. The summed E-state index contributed by atoms with van der Waals surface area (Å²) >= 11 is 0. The van der Waals surface area contributed by atoms with Gasteiger partial charge in [-0.15, -0.1) is 5.10 Å². The number of hydrogen-bond acceptors (Lipinski definition) is 8. The van der Waals surface area contributed by atoms with Crippen molar-refractivity contribution in [2.45, 2.75) is 0 Å². The smallest absolute Gasteiger partial charge is 0.322 e. The van der Waals surface area contributed by atoms with Crippen LogP contribution in [0.15, 0.2) is 52.9 Å². The second kappa shape index (κ2) is 6.76. The third kappa shape index (κ3) is 3.51. The first kappa shape index (κ1) is 16.7. The molecular formula is C15H9N5O6. The average Bonchev–Trinajstić information content (AvgIpc) is 3.10. The molecule has 1 aromatic heterocycles. The third-order valence-corrected chi connectivity index (χ3v) is 3.29. The van der Waals surface area contributed by atoms with Gasteiger partial charge in [0, 0.05) is 35.4 Å². The molecule has 130 valence electrons. The topological polar surface area (TPSA) is 154 Å². The van der Waals surface area contributed by atoms with E-state index in [0.29, 0.717) is 5.56 Å². The van der Waals surface area contributed by atoms with Gasteiger partial charge in [-0.25, -0.2) is 0 Å². The zero-order chi connectivity index (χ0) is 18.7. The molecule has 2 aromatic carbocycles. The molecule has 26 heavy (non-hydrogen) atoms. The molecule has 3 aromatic rings. The standard InChI is InChI=1S/C15H9N5O6/c21-13(9-4-6-11(7-5-9)19(22)23)16-15-18-17-14(26-15)10-2-1-3-12(8-10)20(24)25/h1-8H,(H,16,18,21). The van der Waals surface area contributed by atoms with Gasteiger partial charge >= 0.3 is 6.01 Å². The fourth-order valence-corrected chi connectivity index (χ4v) is 2.05. The van der Waals surface area contributed by atoms with Crippen molar-refractivity contribution in [3.8, 4) is 11.5 Å². The number of hydrogen-bond donors (Lipinski definition) is 1. The molecule has 0 atom stereocenters. The van der Waals surface area contributed by atoms with Gasteiger partial charge in [0.25, 0.3) is 17.3 Å². The molecule has 0 radical (unpaired) electrons. The second-order valence-electron chi connectivity index (χ2n) is 4.98. The number of aromatic nitrogens is 2. The van der Waals surface area contributed by atoms with Crippen molar-refractivity contribution in [3.05, 3.63) is 74.3 Å². The molecule has 11 nitrogen and oxygen atoms in total. The van der Waals surface area contributed by atoms with E-state index >= 15 is 0 Å². The highest BCUT2D eigenvalue weighted by molar-refractivity contribution is 6.03. The number of carbonyl (C=O) groups excluding carboxylic acids is 1. The first-order valence-corrected chi connectivity index (χ1v) is 7.08. The number of carbonyl (C=O) groups is 1. The Hall–Kier alpha value is -4.15. The Morgan fingerprint density at radius 2 is 1.65 bits per heavy atom. The van der Waals surface area contributed by atoms with Crippen molar-refractivity contribution < 1.29 is 19.1 Å². The van der Waals surface area contributed by atoms with Crippen molar-refractivity contribution in [1.29, 1.82) is 0 Å². The Labute approximate surface area is 144 Å². The molecule has 0 spiro atoms. The van der Waals surface area contributed by atoms with Crippen LogP contribution in [0.2, 0.25) is 0 Å². The van der Waals surface area contributed by atoms with Crippen molar-refractivity contribution >= 4 is 23.3 Å². The van der Waals surface area contributed by atoms with Crippen LogP contribution < -0.4 is 5.32 Å². The number of anilines is 1. The van der Waals surface area contributed by atoms with Gasteiger partial charge in [-0.05, 0) is 18.2 Å². The Kier molecular flexibility index (Phi) is 4.34. The van der Waals surface area contributed by atoms with Crippen LogP contribution >= 0.6 is 0 Å². The summed E-state index contributed by atoms with van der Waals surface area (Å²) in [5, 5.41) is 31.1. The summed E-state index contributed by atoms with van der Waals surface area (Å²) in [7, 11) is 0. The van der Waals surface area contributed by atoms with Crippen molar-refractivity contribution in [3.63, 3.8) is 0 Å². The normalized spacial score (nSPS) is 10.3. The SMILES string of the molecule is O=C(Nc1nnc(-c2cccc([N+](=O)[O-])c2)o1)c1ccc([N+](=O)[O-])cc1. The summed E-state index contributed by atoms with van der Waals surface area (Å²) < 4.78 is 5.27. The zero-order valence-electron chi connectivity index (χ0n) is 12.9. The van der Waals surface area contributed by atoms with Gasteiger partial charge < -0.3 is 4.42 Å². The van der Waals surface area contributed by atoms with E-state index in [9.17, 15) is 25.0 Å². The van der Waals surface area contributed by atoms with Crippen LogP contribution in [0.25, 0.3) is 11.5 Å².